The number of aromatic nitrogens is 4. The topological polar surface area (TPSA) is 55.5 Å². The molecule has 2 aliphatic heterocycles. The van der Waals surface area contributed by atoms with Crippen molar-refractivity contribution < 1.29 is 13.5 Å². The van der Waals surface area contributed by atoms with Crippen LogP contribution in [0.25, 0.3) is 17.2 Å². The van der Waals surface area contributed by atoms with Gasteiger partial charge in [0.05, 0.1) is 19.4 Å². The van der Waals surface area contributed by atoms with Crippen LogP contribution in [0.4, 0.5) is 14.6 Å². The molecule has 8 heteroatoms. The maximum Gasteiger partial charge on any atom is 0.265 e. The van der Waals surface area contributed by atoms with E-state index in [1.807, 2.05) is 6.07 Å². The van der Waals surface area contributed by atoms with Crippen LogP contribution in [0.3, 0.4) is 0 Å². The van der Waals surface area contributed by atoms with Gasteiger partial charge in [0, 0.05) is 37.0 Å². The third kappa shape index (κ3) is 2.93. The zero-order chi connectivity index (χ0) is 18.4. The van der Waals surface area contributed by atoms with Crippen molar-refractivity contribution in [2.75, 3.05) is 31.2 Å². The first kappa shape index (κ1) is 16.6. The number of halogens is 2. The average Bonchev–Trinajstić information content (AvgIpc) is 3.27. The molecular formula is C19H19F2N5O. The van der Waals surface area contributed by atoms with Crippen molar-refractivity contribution in [2.45, 2.75) is 12.8 Å². The first-order chi connectivity index (χ1) is 13.2. The molecule has 0 aliphatic carbocycles. The van der Waals surface area contributed by atoms with Crippen LogP contribution in [-0.4, -0.2) is 45.7 Å². The van der Waals surface area contributed by atoms with Gasteiger partial charge in [-0.2, -0.15) is 0 Å². The molecule has 3 aromatic heterocycles. The molecule has 0 amide bonds. The molecule has 0 spiro atoms. The second-order valence-electron chi connectivity index (χ2n) is 7.17. The van der Waals surface area contributed by atoms with E-state index in [9.17, 15) is 8.78 Å². The minimum absolute atomic E-state index is 0.0528. The number of nitrogens with zero attached hydrogens (tertiary/aromatic N) is 5. The van der Waals surface area contributed by atoms with Crippen LogP contribution >= 0.6 is 0 Å². The SMILES string of the molecule is FC(F)c1ccc2ncc(-c3nccc(N4CCC(C5COC5)C4)n3)n2c1. The van der Waals surface area contributed by atoms with Gasteiger partial charge in [0.2, 0.25) is 0 Å². The molecule has 0 radical (unpaired) electrons. The van der Waals surface area contributed by atoms with Gasteiger partial charge in [-0.3, -0.25) is 4.40 Å². The average molecular weight is 371 g/mol. The molecule has 6 nitrogen and oxygen atoms in total. The Morgan fingerprint density at radius 1 is 1.11 bits per heavy atom. The molecule has 1 unspecified atom stereocenters. The third-order valence-electron chi connectivity index (χ3n) is 5.53. The second kappa shape index (κ2) is 6.53. The molecule has 0 bridgehead atoms. The van der Waals surface area contributed by atoms with Crippen LogP contribution in [0, 0.1) is 11.8 Å². The summed E-state index contributed by atoms with van der Waals surface area (Å²) < 4.78 is 33.1. The zero-order valence-electron chi connectivity index (χ0n) is 14.6. The fourth-order valence-corrected chi connectivity index (χ4v) is 3.85. The number of anilines is 1. The predicted molar refractivity (Wildman–Crippen MR) is 95.8 cm³/mol. The Bertz CT molecular complexity index is 972. The molecule has 2 saturated heterocycles. The highest BCUT2D eigenvalue weighted by atomic mass is 19.3. The molecule has 0 N–H and O–H groups in total. The summed E-state index contributed by atoms with van der Waals surface area (Å²) in [6, 6.07) is 4.88. The Hall–Kier alpha value is -2.61. The summed E-state index contributed by atoms with van der Waals surface area (Å²) in [4.78, 5) is 15.6. The number of rotatable bonds is 4. The number of alkyl halides is 2. The van der Waals surface area contributed by atoms with Crippen molar-refractivity contribution in [1.82, 2.24) is 19.4 Å². The van der Waals surface area contributed by atoms with E-state index in [1.165, 1.54) is 12.3 Å². The molecule has 0 aromatic carbocycles. The lowest BCUT2D eigenvalue weighted by atomic mass is 9.90. The lowest BCUT2D eigenvalue weighted by molar-refractivity contribution is -0.0562. The molecule has 0 saturated carbocycles. The van der Waals surface area contributed by atoms with Gasteiger partial charge in [-0.15, -0.1) is 0 Å². The van der Waals surface area contributed by atoms with E-state index in [1.54, 1.807) is 22.9 Å². The van der Waals surface area contributed by atoms with Crippen molar-refractivity contribution in [2.24, 2.45) is 11.8 Å². The Kier molecular flexibility index (Phi) is 4.00. The minimum atomic E-state index is -2.53. The van der Waals surface area contributed by atoms with Crippen LogP contribution in [0.5, 0.6) is 0 Å². The number of imidazole rings is 1. The van der Waals surface area contributed by atoms with Crippen LogP contribution < -0.4 is 4.90 Å². The van der Waals surface area contributed by atoms with Crippen LogP contribution in [0.15, 0.2) is 36.8 Å². The summed E-state index contributed by atoms with van der Waals surface area (Å²) in [5.74, 6) is 2.65. The van der Waals surface area contributed by atoms with E-state index < -0.39 is 6.43 Å². The highest BCUT2D eigenvalue weighted by Crippen LogP contribution is 2.32. The lowest BCUT2D eigenvalue weighted by Crippen LogP contribution is -2.36. The van der Waals surface area contributed by atoms with Gasteiger partial charge in [-0.1, -0.05) is 0 Å². The number of hydrogen-bond donors (Lipinski definition) is 0. The molecular weight excluding hydrogens is 352 g/mol. The highest BCUT2D eigenvalue weighted by molar-refractivity contribution is 5.59. The lowest BCUT2D eigenvalue weighted by Gasteiger charge is -2.31. The largest absolute Gasteiger partial charge is 0.381 e. The third-order valence-corrected chi connectivity index (χ3v) is 5.53. The van der Waals surface area contributed by atoms with Crippen molar-refractivity contribution in [3.8, 4) is 11.5 Å². The van der Waals surface area contributed by atoms with E-state index in [0.717, 1.165) is 38.5 Å². The molecule has 5 heterocycles. The van der Waals surface area contributed by atoms with Crippen molar-refractivity contribution >= 4 is 11.5 Å². The van der Waals surface area contributed by atoms with Gasteiger partial charge in [-0.05, 0) is 30.5 Å². The van der Waals surface area contributed by atoms with Crippen molar-refractivity contribution in [3.63, 3.8) is 0 Å². The first-order valence-electron chi connectivity index (χ1n) is 9.10. The van der Waals surface area contributed by atoms with Crippen LogP contribution in [0.2, 0.25) is 0 Å². The second-order valence-corrected chi connectivity index (χ2v) is 7.17. The van der Waals surface area contributed by atoms with E-state index in [2.05, 4.69) is 14.9 Å². The van der Waals surface area contributed by atoms with E-state index in [-0.39, 0.29) is 5.56 Å². The maximum atomic E-state index is 13.1. The number of ether oxygens (including phenoxy) is 1. The maximum absolute atomic E-state index is 13.1. The van der Waals surface area contributed by atoms with Gasteiger partial charge in [0.15, 0.2) is 5.82 Å². The molecule has 1 atom stereocenters. The monoisotopic (exact) mass is 371 g/mol. The summed E-state index contributed by atoms with van der Waals surface area (Å²) >= 11 is 0. The summed E-state index contributed by atoms with van der Waals surface area (Å²) in [5, 5.41) is 0. The Balaban J connectivity index is 1.45. The Labute approximate surface area is 154 Å². The van der Waals surface area contributed by atoms with Gasteiger partial charge in [-0.25, -0.2) is 23.7 Å². The van der Waals surface area contributed by atoms with Gasteiger partial charge < -0.3 is 9.64 Å². The van der Waals surface area contributed by atoms with E-state index in [0.29, 0.717) is 29.0 Å². The highest BCUT2D eigenvalue weighted by Gasteiger charge is 2.34. The molecule has 5 rings (SSSR count). The summed E-state index contributed by atoms with van der Waals surface area (Å²) in [6.45, 7) is 3.65. The van der Waals surface area contributed by atoms with Crippen LogP contribution in [-0.2, 0) is 4.74 Å². The minimum Gasteiger partial charge on any atom is -0.381 e. The number of fused-ring (bicyclic) bond motifs is 1. The smallest absolute Gasteiger partial charge is 0.265 e. The summed E-state index contributed by atoms with van der Waals surface area (Å²) in [7, 11) is 0. The molecule has 2 fully saturated rings. The molecule has 27 heavy (non-hydrogen) atoms. The standard InChI is InChI=1S/C19H19F2N5O/c20-18(21)13-1-2-16-23-7-15(26(16)9-13)19-22-5-3-17(24-19)25-6-4-12(8-25)14-10-27-11-14/h1-3,5,7,9,12,14,18H,4,6,8,10-11H2. The van der Waals surface area contributed by atoms with E-state index >= 15 is 0 Å². The van der Waals surface area contributed by atoms with Gasteiger partial charge in [0.25, 0.3) is 6.43 Å². The predicted octanol–water partition coefficient (Wildman–Crippen LogP) is 3.20. The Morgan fingerprint density at radius 2 is 2.00 bits per heavy atom. The fourth-order valence-electron chi connectivity index (χ4n) is 3.85. The van der Waals surface area contributed by atoms with E-state index in [4.69, 9.17) is 9.72 Å². The van der Waals surface area contributed by atoms with Gasteiger partial charge in [0.1, 0.15) is 17.2 Å². The molecule has 3 aromatic rings. The first-order valence-corrected chi connectivity index (χ1v) is 9.10. The van der Waals surface area contributed by atoms with Crippen molar-refractivity contribution in [1.29, 1.82) is 0 Å². The Morgan fingerprint density at radius 3 is 2.78 bits per heavy atom. The summed E-state index contributed by atoms with van der Waals surface area (Å²) in [6.07, 6.45) is 3.35. The zero-order valence-corrected chi connectivity index (χ0v) is 14.6. The van der Waals surface area contributed by atoms with Crippen molar-refractivity contribution in [3.05, 3.63) is 42.4 Å². The summed E-state index contributed by atoms with van der Waals surface area (Å²) in [5.41, 5.74) is 1.15. The quantitative estimate of drug-likeness (QED) is 0.705. The molecule has 140 valence electrons. The van der Waals surface area contributed by atoms with Gasteiger partial charge >= 0.3 is 0 Å². The van der Waals surface area contributed by atoms with Crippen LogP contribution in [0.1, 0.15) is 18.4 Å². The number of hydrogen-bond acceptors (Lipinski definition) is 5. The number of pyridine rings is 1. The molecule has 2 aliphatic rings. The normalized spacial score (nSPS) is 20.6. The fraction of sp³-hybridized carbons (Fsp3) is 0.421.